The van der Waals surface area contributed by atoms with Gasteiger partial charge in [-0.2, -0.15) is 0 Å². The zero-order valence-electron chi connectivity index (χ0n) is 16.4. The highest BCUT2D eigenvalue weighted by Gasteiger charge is 2.77. The fraction of sp³-hybridized carbons (Fsp3) is 0.938. The Morgan fingerprint density at radius 1 is 0.704 bits per heavy atom. The van der Waals surface area contributed by atoms with E-state index in [0.717, 1.165) is 0 Å². The third-order valence-corrected chi connectivity index (χ3v) is 3.66. The maximum atomic E-state index is 12.4. The van der Waals surface area contributed by atoms with Crippen molar-refractivity contribution in [3.05, 3.63) is 0 Å². The smallest absolute Gasteiger partial charge is 0.372 e. The fourth-order valence-corrected chi connectivity index (χ4v) is 2.54. The highest BCUT2D eigenvalue weighted by atomic mass is 16.8. The van der Waals surface area contributed by atoms with Crippen LogP contribution in [0.4, 0.5) is 0 Å². The monoisotopic (exact) mass is 400 g/mol. The summed E-state index contributed by atoms with van der Waals surface area (Å²) in [7, 11) is 0. The molecule has 0 aliphatic carbocycles. The van der Waals surface area contributed by atoms with Crippen LogP contribution < -0.4 is 0 Å². The first-order chi connectivity index (χ1) is 12.5. The molecule has 0 radical (unpaired) electrons. The lowest BCUT2D eigenvalue weighted by molar-refractivity contribution is -0.521. The summed E-state index contributed by atoms with van der Waals surface area (Å²) in [6.07, 6.45) is 0. The van der Waals surface area contributed by atoms with Gasteiger partial charge in [-0.25, -0.2) is 4.79 Å². The van der Waals surface area contributed by atoms with E-state index in [0.29, 0.717) is 0 Å². The molecule has 5 N–H and O–H groups in total. The molecule has 11 heteroatoms. The van der Waals surface area contributed by atoms with Crippen molar-refractivity contribution in [3.8, 4) is 0 Å². The van der Waals surface area contributed by atoms with E-state index in [2.05, 4.69) is 0 Å². The van der Waals surface area contributed by atoms with Gasteiger partial charge in [0.25, 0.3) is 17.4 Å². The van der Waals surface area contributed by atoms with E-state index < -0.39 is 35.7 Å². The van der Waals surface area contributed by atoms with Crippen molar-refractivity contribution in [1.29, 1.82) is 0 Å². The molecule has 27 heavy (non-hydrogen) atoms. The summed E-state index contributed by atoms with van der Waals surface area (Å²) in [6, 6.07) is 0. The highest BCUT2D eigenvalue weighted by Crippen LogP contribution is 2.44. The first-order valence-corrected chi connectivity index (χ1v) is 8.77. The van der Waals surface area contributed by atoms with Crippen molar-refractivity contribution < 1.29 is 54.0 Å². The zero-order chi connectivity index (χ0) is 21.4. The summed E-state index contributed by atoms with van der Waals surface area (Å²) >= 11 is 0. The lowest BCUT2D eigenvalue weighted by atomic mass is 9.88. The maximum absolute atomic E-state index is 12.4. The Balaban J connectivity index is 6.76. The van der Waals surface area contributed by atoms with Gasteiger partial charge in [0.1, 0.15) is 6.61 Å². The lowest BCUT2D eigenvalue weighted by Crippen LogP contribution is -2.81. The van der Waals surface area contributed by atoms with Gasteiger partial charge in [0.2, 0.25) is 0 Å². The SMILES string of the molecule is CCOC(=O)[C@@](O)(OCC)[C@](O)(OCC)[C@@](O)(OCC)[C@](O)(CO)OCC. The molecule has 0 heterocycles. The van der Waals surface area contributed by atoms with E-state index in [9.17, 15) is 30.3 Å². The van der Waals surface area contributed by atoms with Gasteiger partial charge >= 0.3 is 11.8 Å². The van der Waals surface area contributed by atoms with Crippen molar-refractivity contribution >= 4 is 5.97 Å². The van der Waals surface area contributed by atoms with Gasteiger partial charge in [-0.05, 0) is 34.6 Å². The number of rotatable bonds is 14. The number of hydrogen-bond donors (Lipinski definition) is 5. The van der Waals surface area contributed by atoms with Crippen molar-refractivity contribution in [2.45, 2.75) is 57.8 Å². The van der Waals surface area contributed by atoms with Crippen LogP contribution in [0, 0.1) is 0 Å². The van der Waals surface area contributed by atoms with E-state index >= 15 is 0 Å². The molecule has 4 atom stereocenters. The molecule has 0 saturated heterocycles. The van der Waals surface area contributed by atoms with Gasteiger partial charge in [-0.15, -0.1) is 0 Å². The highest BCUT2D eigenvalue weighted by molar-refractivity contribution is 5.79. The Morgan fingerprint density at radius 2 is 1.15 bits per heavy atom. The summed E-state index contributed by atoms with van der Waals surface area (Å²) in [5, 5.41) is 53.5. The number of hydrogen-bond acceptors (Lipinski definition) is 11. The van der Waals surface area contributed by atoms with Crippen LogP contribution in [0.15, 0.2) is 0 Å². The molecule has 0 saturated carbocycles. The van der Waals surface area contributed by atoms with E-state index in [1.807, 2.05) is 0 Å². The first kappa shape index (κ1) is 26.1. The van der Waals surface area contributed by atoms with Crippen LogP contribution in [-0.2, 0) is 28.5 Å². The van der Waals surface area contributed by atoms with E-state index in [1.165, 1.54) is 34.6 Å². The number of aliphatic hydroxyl groups is 5. The number of esters is 1. The molecule has 0 aromatic heterocycles. The Bertz CT molecular complexity index is 462. The molecular weight excluding hydrogens is 368 g/mol. The molecule has 0 rings (SSSR count). The standard InChI is InChI=1S/C16H32O11/c1-6-23-12(18)14(20,25-8-3)16(22,27-10-5)15(21,26-9-4)13(19,11-17)24-7-2/h17,19-22H,6-11H2,1-5H3/t13-,14+,15-,16-/m0/s1. The van der Waals surface area contributed by atoms with Crippen LogP contribution in [0.2, 0.25) is 0 Å². The van der Waals surface area contributed by atoms with Gasteiger partial charge in [-0.1, -0.05) is 0 Å². The third kappa shape index (κ3) is 4.58. The molecule has 0 aliphatic heterocycles. The van der Waals surface area contributed by atoms with E-state index in [1.54, 1.807) is 0 Å². The minimum absolute atomic E-state index is 0.209. The van der Waals surface area contributed by atoms with Gasteiger partial charge < -0.3 is 49.2 Å². The van der Waals surface area contributed by atoms with Crippen molar-refractivity contribution in [1.82, 2.24) is 0 Å². The summed E-state index contributed by atoms with van der Waals surface area (Å²) < 4.78 is 24.8. The minimum Gasteiger partial charge on any atom is -0.462 e. The molecule has 0 aliphatic rings. The number of ether oxygens (including phenoxy) is 5. The van der Waals surface area contributed by atoms with E-state index in [4.69, 9.17) is 23.7 Å². The molecular formula is C16H32O11. The molecule has 0 unspecified atom stereocenters. The van der Waals surface area contributed by atoms with Crippen LogP contribution >= 0.6 is 0 Å². The van der Waals surface area contributed by atoms with E-state index in [-0.39, 0.29) is 33.0 Å². The fourth-order valence-electron chi connectivity index (χ4n) is 2.54. The van der Waals surface area contributed by atoms with Crippen LogP contribution in [0.1, 0.15) is 34.6 Å². The Hall–Kier alpha value is -0.890. The molecule has 0 bridgehead atoms. The number of aliphatic hydroxyl groups excluding tert-OH is 1. The van der Waals surface area contributed by atoms with Crippen LogP contribution in [-0.4, -0.2) is 94.3 Å². The number of carbonyl (C=O) groups is 1. The lowest BCUT2D eigenvalue weighted by Gasteiger charge is -2.52. The molecule has 0 aromatic rings. The molecule has 0 fully saturated rings. The summed E-state index contributed by atoms with van der Waals surface area (Å²) in [4.78, 5) is 12.4. The van der Waals surface area contributed by atoms with Gasteiger partial charge in [0.05, 0.1) is 6.61 Å². The van der Waals surface area contributed by atoms with Crippen molar-refractivity contribution in [3.63, 3.8) is 0 Å². The van der Waals surface area contributed by atoms with Crippen LogP contribution in [0.3, 0.4) is 0 Å². The summed E-state index contributed by atoms with van der Waals surface area (Å²) in [5.41, 5.74) is 0. The van der Waals surface area contributed by atoms with Crippen LogP contribution in [0.5, 0.6) is 0 Å². The Morgan fingerprint density at radius 3 is 1.52 bits per heavy atom. The normalized spacial score (nSPS) is 20.8. The van der Waals surface area contributed by atoms with Crippen molar-refractivity contribution in [2.24, 2.45) is 0 Å². The molecule has 0 spiro atoms. The minimum atomic E-state index is -3.47. The molecule has 162 valence electrons. The number of carbonyl (C=O) groups excluding carboxylic acids is 1. The molecule has 0 aromatic carbocycles. The van der Waals surface area contributed by atoms with Crippen LogP contribution in [0.25, 0.3) is 0 Å². The molecule has 11 nitrogen and oxygen atoms in total. The zero-order valence-corrected chi connectivity index (χ0v) is 16.4. The largest absolute Gasteiger partial charge is 0.462 e. The Kier molecular flexibility index (Phi) is 10.2. The van der Waals surface area contributed by atoms with Gasteiger partial charge in [0.15, 0.2) is 0 Å². The Labute approximate surface area is 158 Å². The average molecular weight is 400 g/mol. The maximum Gasteiger partial charge on any atom is 0.372 e. The second-order valence-corrected chi connectivity index (χ2v) is 5.33. The second-order valence-electron chi connectivity index (χ2n) is 5.33. The third-order valence-electron chi connectivity index (χ3n) is 3.66. The van der Waals surface area contributed by atoms with Crippen molar-refractivity contribution in [2.75, 3.05) is 39.6 Å². The summed E-state index contributed by atoms with van der Waals surface area (Å²) in [5.74, 6) is -14.7. The predicted octanol–water partition coefficient (Wildman–Crippen LogP) is -1.56. The predicted molar refractivity (Wildman–Crippen MR) is 90.0 cm³/mol. The average Bonchev–Trinajstić information content (AvgIpc) is 2.62. The molecule has 0 amide bonds. The summed E-state index contributed by atoms with van der Waals surface area (Å²) in [6.45, 7) is 4.17. The first-order valence-electron chi connectivity index (χ1n) is 8.77. The second kappa shape index (κ2) is 10.6. The van der Waals surface area contributed by atoms with Gasteiger partial charge in [-0.3, -0.25) is 0 Å². The van der Waals surface area contributed by atoms with Gasteiger partial charge in [0, 0.05) is 26.4 Å². The topological polar surface area (TPSA) is 164 Å². The quantitative estimate of drug-likeness (QED) is 0.169.